The first-order chi connectivity index (χ1) is 11.0. The Labute approximate surface area is 148 Å². The van der Waals surface area contributed by atoms with Crippen LogP contribution < -0.4 is 15.2 Å². The smallest absolute Gasteiger partial charge is 0.240 e. The van der Waals surface area contributed by atoms with Gasteiger partial charge in [-0.3, -0.25) is 0 Å². The molecule has 5 nitrogen and oxygen atoms in total. The molecule has 0 radical (unpaired) electrons. The number of ether oxygens (including phenoxy) is 1. The Morgan fingerprint density at radius 1 is 1.25 bits per heavy atom. The predicted octanol–water partition coefficient (Wildman–Crippen LogP) is 2.91. The molecule has 0 aromatic heterocycles. The van der Waals surface area contributed by atoms with E-state index in [1.807, 2.05) is 0 Å². The Balaban J connectivity index is 0.00000288. The lowest BCUT2D eigenvalue weighted by Crippen LogP contribution is -2.36. The molecular weight excluding hydrogens is 355 g/mol. The van der Waals surface area contributed by atoms with Gasteiger partial charge in [-0.2, -0.15) is 0 Å². The van der Waals surface area contributed by atoms with Gasteiger partial charge < -0.3 is 10.5 Å². The number of sulfonamides is 1. The van der Waals surface area contributed by atoms with Crippen LogP contribution >= 0.6 is 12.4 Å². The van der Waals surface area contributed by atoms with E-state index in [0.29, 0.717) is 5.75 Å². The summed E-state index contributed by atoms with van der Waals surface area (Å²) >= 11 is 0. The lowest BCUT2D eigenvalue weighted by Gasteiger charge is -2.22. The number of rotatable bonds is 7. The van der Waals surface area contributed by atoms with Gasteiger partial charge in [0.2, 0.25) is 10.0 Å². The molecule has 0 aliphatic heterocycles. The second kappa shape index (κ2) is 9.98. The molecule has 0 atom stereocenters. The first-order valence-corrected chi connectivity index (χ1v) is 9.29. The third-order valence-electron chi connectivity index (χ3n) is 3.78. The molecule has 0 unspecified atom stereocenters. The van der Waals surface area contributed by atoms with Gasteiger partial charge in [-0.15, -0.1) is 12.4 Å². The van der Waals surface area contributed by atoms with E-state index >= 15 is 0 Å². The van der Waals surface area contributed by atoms with Crippen molar-refractivity contribution in [1.82, 2.24) is 4.72 Å². The minimum Gasteiger partial charge on any atom is -0.487 e. The number of nitrogens with one attached hydrogen (secondary N) is 1. The van der Waals surface area contributed by atoms with E-state index in [0.717, 1.165) is 25.7 Å². The predicted molar refractivity (Wildman–Crippen MR) is 94.6 cm³/mol. The number of hydrogen-bond acceptors (Lipinski definition) is 4. The lowest BCUT2D eigenvalue weighted by molar-refractivity contribution is 0.318. The molecule has 0 amide bonds. The Morgan fingerprint density at radius 2 is 1.88 bits per heavy atom. The highest BCUT2D eigenvalue weighted by molar-refractivity contribution is 7.89. The number of nitrogens with two attached hydrogens (primary N) is 1. The summed E-state index contributed by atoms with van der Waals surface area (Å²) in [6.07, 6.45) is 6.27. The van der Waals surface area contributed by atoms with Crippen LogP contribution in [-0.2, 0) is 10.0 Å². The maximum atomic E-state index is 13.2. The SMILES string of the molecule is Cl.NCC=C(F)COc1ccc(S(=O)(=O)NC2CCCCC2)cc1. The van der Waals surface area contributed by atoms with Crippen LogP contribution in [0.3, 0.4) is 0 Å². The monoisotopic (exact) mass is 378 g/mol. The third-order valence-corrected chi connectivity index (χ3v) is 5.31. The minimum absolute atomic E-state index is 0. The van der Waals surface area contributed by atoms with Crippen LogP contribution in [0.5, 0.6) is 5.75 Å². The van der Waals surface area contributed by atoms with Gasteiger partial charge in [-0.25, -0.2) is 17.5 Å². The summed E-state index contributed by atoms with van der Waals surface area (Å²) in [5.74, 6) is -0.0506. The Morgan fingerprint density at radius 3 is 2.46 bits per heavy atom. The Kier molecular flexibility index (Phi) is 8.69. The fourth-order valence-corrected chi connectivity index (χ4v) is 3.87. The Hall–Kier alpha value is -1.15. The summed E-state index contributed by atoms with van der Waals surface area (Å²) < 4.78 is 45.8. The number of hydrogen-bond donors (Lipinski definition) is 2. The molecule has 1 fully saturated rings. The van der Waals surface area contributed by atoms with Gasteiger partial charge in [0.25, 0.3) is 0 Å². The maximum Gasteiger partial charge on any atom is 0.240 e. The highest BCUT2D eigenvalue weighted by Gasteiger charge is 2.21. The van der Waals surface area contributed by atoms with Crippen molar-refractivity contribution in [2.45, 2.75) is 43.0 Å². The first-order valence-electron chi connectivity index (χ1n) is 7.81. The van der Waals surface area contributed by atoms with Crippen molar-refractivity contribution >= 4 is 22.4 Å². The second-order valence-corrected chi connectivity index (χ2v) is 7.32. The zero-order valence-corrected chi connectivity index (χ0v) is 15.0. The zero-order chi connectivity index (χ0) is 16.7. The van der Waals surface area contributed by atoms with Gasteiger partial charge in [0, 0.05) is 12.6 Å². The van der Waals surface area contributed by atoms with Crippen LogP contribution in [0.2, 0.25) is 0 Å². The molecule has 8 heteroatoms. The first kappa shape index (κ1) is 20.9. The molecule has 3 N–H and O–H groups in total. The second-order valence-electron chi connectivity index (χ2n) is 5.60. The van der Waals surface area contributed by atoms with Gasteiger partial charge in [0.1, 0.15) is 18.2 Å². The standard InChI is InChI=1S/C16H23FN2O3S.ClH/c17-13(10-11-18)12-22-15-6-8-16(9-7-15)23(20,21)19-14-4-2-1-3-5-14;/h6-10,14,19H,1-5,11-12,18H2;1H. The summed E-state index contributed by atoms with van der Waals surface area (Å²) in [5, 5.41) is 0. The van der Waals surface area contributed by atoms with Gasteiger partial charge in [-0.05, 0) is 43.2 Å². The highest BCUT2D eigenvalue weighted by atomic mass is 35.5. The van der Waals surface area contributed by atoms with Crippen LogP contribution in [0.1, 0.15) is 32.1 Å². The summed E-state index contributed by atoms with van der Waals surface area (Å²) in [5.41, 5.74) is 5.20. The van der Waals surface area contributed by atoms with Crippen molar-refractivity contribution in [3.05, 3.63) is 36.2 Å². The Bertz CT molecular complexity index is 629. The highest BCUT2D eigenvalue weighted by Crippen LogP contribution is 2.21. The molecule has 1 aromatic rings. The molecular formula is C16H24ClFN2O3S. The summed E-state index contributed by atoms with van der Waals surface area (Å²) in [6.45, 7) is -0.108. The minimum atomic E-state index is -3.52. The molecule has 0 heterocycles. The summed E-state index contributed by atoms with van der Waals surface area (Å²) in [7, 11) is -3.52. The average molecular weight is 379 g/mol. The largest absolute Gasteiger partial charge is 0.487 e. The molecule has 1 aromatic carbocycles. The third kappa shape index (κ3) is 6.39. The molecule has 1 aliphatic carbocycles. The average Bonchev–Trinajstić information content (AvgIpc) is 2.54. The van der Waals surface area contributed by atoms with Gasteiger partial charge in [0.05, 0.1) is 4.90 Å². The zero-order valence-electron chi connectivity index (χ0n) is 13.4. The topological polar surface area (TPSA) is 81.4 Å². The van der Waals surface area contributed by atoms with Gasteiger partial charge in [0.15, 0.2) is 0 Å². The van der Waals surface area contributed by atoms with E-state index in [2.05, 4.69) is 4.72 Å². The van der Waals surface area contributed by atoms with Crippen LogP contribution in [-0.4, -0.2) is 27.6 Å². The number of halogens is 2. The van der Waals surface area contributed by atoms with E-state index in [9.17, 15) is 12.8 Å². The fourth-order valence-electron chi connectivity index (χ4n) is 2.56. The lowest BCUT2D eigenvalue weighted by atomic mass is 9.96. The van der Waals surface area contributed by atoms with Crippen molar-refractivity contribution in [2.75, 3.05) is 13.2 Å². The van der Waals surface area contributed by atoms with Crippen LogP contribution in [0, 0.1) is 0 Å². The van der Waals surface area contributed by atoms with E-state index in [1.54, 1.807) is 0 Å². The van der Waals surface area contributed by atoms with E-state index in [1.165, 1.54) is 36.8 Å². The van der Waals surface area contributed by atoms with Crippen molar-refractivity contribution in [1.29, 1.82) is 0 Å². The molecule has 136 valence electrons. The van der Waals surface area contributed by atoms with E-state index in [-0.39, 0.29) is 36.5 Å². The maximum absolute atomic E-state index is 13.2. The van der Waals surface area contributed by atoms with Crippen molar-refractivity contribution in [3.63, 3.8) is 0 Å². The molecule has 1 saturated carbocycles. The fraction of sp³-hybridized carbons (Fsp3) is 0.500. The molecule has 24 heavy (non-hydrogen) atoms. The molecule has 1 aliphatic rings. The van der Waals surface area contributed by atoms with Crippen LogP contribution in [0.4, 0.5) is 4.39 Å². The van der Waals surface area contributed by atoms with Crippen molar-refractivity contribution < 1.29 is 17.5 Å². The molecule has 0 bridgehead atoms. The summed E-state index contributed by atoms with van der Waals surface area (Å²) in [6, 6.07) is 5.98. The quantitative estimate of drug-likeness (QED) is 0.764. The molecule has 2 rings (SSSR count). The van der Waals surface area contributed by atoms with Crippen LogP contribution in [0.25, 0.3) is 0 Å². The van der Waals surface area contributed by atoms with Crippen molar-refractivity contribution in [3.8, 4) is 5.75 Å². The van der Waals surface area contributed by atoms with Gasteiger partial charge >= 0.3 is 0 Å². The molecule has 0 saturated heterocycles. The van der Waals surface area contributed by atoms with E-state index < -0.39 is 15.9 Å². The van der Waals surface area contributed by atoms with Gasteiger partial charge in [-0.1, -0.05) is 19.3 Å². The number of benzene rings is 1. The van der Waals surface area contributed by atoms with E-state index in [4.69, 9.17) is 10.5 Å². The van der Waals surface area contributed by atoms with Crippen molar-refractivity contribution in [2.24, 2.45) is 5.73 Å². The van der Waals surface area contributed by atoms with Crippen LogP contribution in [0.15, 0.2) is 41.1 Å². The normalized spacial score (nSPS) is 16.5. The molecule has 0 spiro atoms. The summed E-state index contributed by atoms with van der Waals surface area (Å²) in [4.78, 5) is 0.188.